The zero-order valence-corrected chi connectivity index (χ0v) is 20.9. The highest BCUT2D eigenvalue weighted by atomic mass is 32.2. The summed E-state index contributed by atoms with van der Waals surface area (Å²) in [6.07, 6.45) is 3.72. The van der Waals surface area contributed by atoms with E-state index in [1.54, 1.807) is 23.8 Å². The van der Waals surface area contributed by atoms with Crippen LogP contribution in [0.25, 0.3) is 0 Å². The van der Waals surface area contributed by atoms with Gasteiger partial charge in [0.05, 0.1) is 22.7 Å². The van der Waals surface area contributed by atoms with Gasteiger partial charge in [-0.3, -0.25) is 9.69 Å². The fourth-order valence-corrected chi connectivity index (χ4v) is 6.38. The van der Waals surface area contributed by atoms with E-state index in [4.69, 9.17) is 17.0 Å². The van der Waals surface area contributed by atoms with Crippen LogP contribution in [0.3, 0.4) is 0 Å². The first-order chi connectivity index (χ1) is 15.5. The Morgan fingerprint density at radius 2 is 1.88 bits per heavy atom. The number of thiocarbonyl (C=S) groups is 1. The average Bonchev–Trinajstić information content (AvgIpc) is 3.31. The molecule has 1 amide bonds. The number of fused-ring (bicyclic) bond motifs is 1. The van der Waals surface area contributed by atoms with Gasteiger partial charge in [0.1, 0.15) is 10.1 Å². The summed E-state index contributed by atoms with van der Waals surface area (Å²) >= 11 is 8.73. The Morgan fingerprint density at radius 1 is 1.09 bits per heavy atom. The zero-order chi connectivity index (χ0) is 22.7. The fraction of sp³-hybridized carbons (Fsp3) is 0.280. The molecule has 0 saturated carbocycles. The third-order valence-electron chi connectivity index (χ3n) is 5.54. The second-order valence-electron chi connectivity index (χ2n) is 7.43. The molecule has 0 spiro atoms. The number of nitrogens with zero attached hydrogens (tertiary/aromatic N) is 2. The lowest BCUT2D eigenvalue weighted by atomic mass is 10.1. The first kappa shape index (κ1) is 23.0. The number of carbonyl (C=O) groups excluding carboxylic acids is 1. The van der Waals surface area contributed by atoms with Crippen molar-refractivity contribution >= 4 is 51.7 Å². The lowest BCUT2D eigenvalue weighted by Crippen LogP contribution is -2.30. The van der Waals surface area contributed by atoms with E-state index >= 15 is 0 Å². The molecule has 0 aliphatic carbocycles. The molecule has 0 unspecified atom stereocenters. The summed E-state index contributed by atoms with van der Waals surface area (Å²) in [7, 11) is 1.69. The Labute approximate surface area is 203 Å². The molecule has 2 aromatic carbocycles. The minimum atomic E-state index is 0.0230. The van der Waals surface area contributed by atoms with Crippen LogP contribution in [0.15, 0.2) is 75.0 Å². The van der Waals surface area contributed by atoms with E-state index < -0.39 is 0 Å². The van der Waals surface area contributed by atoms with Crippen LogP contribution in [-0.4, -0.2) is 35.3 Å². The van der Waals surface area contributed by atoms with Crippen molar-refractivity contribution in [3.05, 3.63) is 75.7 Å². The molecule has 32 heavy (non-hydrogen) atoms. The van der Waals surface area contributed by atoms with Gasteiger partial charge in [0, 0.05) is 24.1 Å². The number of benzene rings is 2. The van der Waals surface area contributed by atoms with Crippen molar-refractivity contribution in [3.8, 4) is 5.75 Å². The predicted octanol–water partition coefficient (Wildman–Crippen LogP) is 6.24. The van der Waals surface area contributed by atoms with Gasteiger partial charge in [0.15, 0.2) is 0 Å². The third kappa shape index (κ3) is 4.60. The molecule has 0 aromatic heterocycles. The van der Waals surface area contributed by atoms with Gasteiger partial charge in [-0.05, 0) is 49.1 Å². The van der Waals surface area contributed by atoms with Gasteiger partial charge in [-0.15, -0.1) is 0 Å². The summed E-state index contributed by atoms with van der Waals surface area (Å²) in [6, 6.07) is 16.4. The van der Waals surface area contributed by atoms with E-state index in [-0.39, 0.29) is 5.91 Å². The summed E-state index contributed by atoms with van der Waals surface area (Å²) < 4.78 is 6.05. The van der Waals surface area contributed by atoms with Gasteiger partial charge >= 0.3 is 0 Å². The highest BCUT2D eigenvalue weighted by molar-refractivity contribution is 8.26. The van der Waals surface area contributed by atoms with Gasteiger partial charge < -0.3 is 9.64 Å². The van der Waals surface area contributed by atoms with Gasteiger partial charge in [-0.25, -0.2) is 0 Å². The Bertz CT molecular complexity index is 1100. The van der Waals surface area contributed by atoms with Crippen LogP contribution in [0.2, 0.25) is 0 Å². The summed E-state index contributed by atoms with van der Waals surface area (Å²) in [5.41, 5.74) is 3.39. The molecule has 4 rings (SSSR count). The predicted molar refractivity (Wildman–Crippen MR) is 139 cm³/mol. The minimum absolute atomic E-state index is 0.0230. The lowest BCUT2D eigenvalue weighted by Gasteiger charge is -2.19. The Kier molecular flexibility index (Phi) is 7.28. The number of rotatable bonds is 7. The number of anilines is 1. The number of allylic oxidation sites excluding steroid dienone is 2. The van der Waals surface area contributed by atoms with Gasteiger partial charge in [0.2, 0.25) is 0 Å². The molecule has 166 valence electrons. The maximum Gasteiger partial charge on any atom is 0.266 e. The quantitative estimate of drug-likeness (QED) is 0.343. The molecular weight excluding hydrogens is 456 g/mol. The van der Waals surface area contributed by atoms with Crippen LogP contribution in [0.1, 0.15) is 25.8 Å². The summed E-state index contributed by atoms with van der Waals surface area (Å²) in [4.78, 5) is 19.2. The van der Waals surface area contributed by atoms with Gasteiger partial charge in [-0.2, -0.15) is 0 Å². The van der Waals surface area contributed by atoms with E-state index in [0.717, 1.165) is 46.3 Å². The number of hydrogen-bond acceptors (Lipinski definition) is 6. The third-order valence-corrected chi connectivity index (χ3v) is 8.16. The molecule has 1 fully saturated rings. The van der Waals surface area contributed by atoms with Crippen molar-refractivity contribution in [1.29, 1.82) is 0 Å². The smallest absolute Gasteiger partial charge is 0.266 e. The van der Waals surface area contributed by atoms with Crippen LogP contribution in [-0.2, 0) is 11.2 Å². The number of amides is 1. The summed E-state index contributed by atoms with van der Waals surface area (Å²) in [5.74, 6) is 0.869. The van der Waals surface area contributed by atoms with Crippen LogP contribution in [0.4, 0.5) is 5.69 Å². The van der Waals surface area contributed by atoms with E-state index in [0.29, 0.717) is 10.9 Å². The number of carbonyl (C=O) groups is 1. The van der Waals surface area contributed by atoms with Gasteiger partial charge in [0.25, 0.3) is 5.91 Å². The molecule has 0 radical (unpaired) electrons. The van der Waals surface area contributed by atoms with Crippen LogP contribution in [0.5, 0.6) is 5.75 Å². The van der Waals surface area contributed by atoms with E-state index in [2.05, 4.69) is 49.1 Å². The van der Waals surface area contributed by atoms with Crippen molar-refractivity contribution in [3.63, 3.8) is 0 Å². The molecule has 0 atom stereocenters. The molecule has 0 N–H and O–H groups in total. The summed E-state index contributed by atoms with van der Waals surface area (Å²) in [6.45, 7) is 5.67. The number of ether oxygens (including phenoxy) is 1. The van der Waals surface area contributed by atoms with Crippen molar-refractivity contribution in [2.45, 2.75) is 31.6 Å². The molecular formula is C25H26N2O2S3. The second-order valence-corrected chi connectivity index (χ2v) is 10.1. The first-order valence-corrected chi connectivity index (χ1v) is 12.8. The molecule has 2 aliphatic heterocycles. The van der Waals surface area contributed by atoms with E-state index in [9.17, 15) is 4.79 Å². The van der Waals surface area contributed by atoms with E-state index in [1.807, 2.05) is 24.3 Å². The number of thioether (sulfide) groups is 2. The van der Waals surface area contributed by atoms with Crippen LogP contribution < -0.4 is 9.64 Å². The molecule has 2 aliphatic rings. The van der Waals surface area contributed by atoms with Crippen LogP contribution in [0, 0.1) is 0 Å². The highest BCUT2D eigenvalue weighted by Gasteiger charge is 2.34. The Balaban J connectivity index is 1.58. The Morgan fingerprint density at radius 3 is 2.56 bits per heavy atom. The van der Waals surface area contributed by atoms with E-state index in [1.165, 1.54) is 22.2 Å². The minimum Gasteiger partial charge on any atom is -0.497 e. The van der Waals surface area contributed by atoms with Crippen molar-refractivity contribution in [1.82, 2.24) is 4.90 Å². The largest absolute Gasteiger partial charge is 0.497 e. The molecule has 4 nitrogen and oxygen atoms in total. The monoisotopic (exact) mass is 482 g/mol. The normalized spacial score (nSPS) is 18.5. The van der Waals surface area contributed by atoms with Crippen molar-refractivity contribution < 1.29 is 9.53 Å². The first-order valence-electron chi connectivity index (χ1n) is 10.7. The number of methoxy groups -OCH3 is 1. The maximum atomic E-state index is 13.3. The lowest BCUT2D eigenvalue weighted by molar-refractivity contribution is -0.122. The molecule has 2 aromatic rings. The standard InChI is InChI=1S/C25H26N2O2S3/c1-4-18(15-22-26(5-2)20-16-19(29-3)11-12-21(20)31-22)23-24(28)27(25(30)32-23)14-13-17-9-7-6-8-10-17/h6-12,15-16H,4-5,13-14H2,1-3H3/b22-15+,23-18-. The number of hydrogen-bond donors (Lipinski definition) is 0. The fourth-order valence-electron chi connectivity index (χ4n) is 3.79. The van der Waals surface area contributed by atoms with Gasteiger partial charge in [-0.1, -0.05) is 73.0 Å². The van der Waals surface area contributed by atoms with Crippen LogP contribution >= 0.6 is 35.7 Å². The highest BCUT2D eigenvalue weighted by Crippen LogP contribution is 2.48. The zero-order valence-electron chi connectivity index (χ0n) is 18.5. The second kappa shape index (κ2) is 10.1. The van der Waals surface area contributed by atoms with Crippen molar-refractivity contribution in [2.24, 2.45) is 0 Å². The SMILES string of the molecule is CCC(/C=C1/Sc2ccc(OC)cc2N1CC)=C1/SC(=S)N(CCc2ccccc2)C1=O. The summed E-state index contributed by atoms with van der Waals surface area (Å²) in [5, 5.41) is 1.13. The Hall–Kier alpha value is -2.22. The molecule has 1 saturated heterocycles. The van der Waals surface area contributed by atoms with Crippen molar-refractivity contribution in [2.75, 3.05) is 25.1 Å². The molecule has 7 heteroatoms. The average molecular weight is 483 g/mol. The maximum absolute atomic E-state index is 13.3. The molecule has 2 heterocycles. The molecule has 0 bridgehead atoms. The topological polar surface area (TPSA) is 32.8 Å².